The molecule has 1 aromatic carbocycles. The molecule has 1 aliphatic heterocycles. The molecule has 1 aromatic heterocycles. The number of benzene rings is 1. The maximum atomic E-state index is 5.65. The summed E-state index contributed by atoms with van der Waals surface area (Å²) in [7, 11) is 0. The van der Waals surface area contributed by atoms with Gasteiger partial charge < -0.3 is 18.7 Å². The van der Waals surface area contributed by atoms with Crippen molar-refractivity contribution in [2.45, 2.75) is 26.1 Å². The first-order chi connectivity index (χ1) is 10.3. The second-order valence-corrected chi connectivity index (χ2v) is 4.63. The van der Waals surface area contributed by atoms with Crippen LogP contribution in [0.4, 0.5) is 0 Å². The van der Waals surface area contributed by atoms with Crippen LogP contribution < -0.4 is 4.74 Å². The van der Waals surface area contributed by atoms with Crippen molar-refractivity contribution < 1.29 is 18.7 Å². The molecule has 1 unspecified atom stereocenters. The minimum Gasteiger partial charge on any atom is -0.492 e. The van der Waals surface area contributed by atoms with Gasteiger partial charge in [0.05, 0.1) is 5.92 Å². The van der Waals surface area contributed by atoms with Crippen molar-refractivity contribution in [3.05, 3.63) is 41.5 Å². The van der Waals surface area contributed by atoms with E-state index in [1.807, 2.05) is 38.1 Å². The van der Waals surface area contributed by atoms with Crippen LogP contribution in [0.5, 0.6) is 5.75 Å². The molecule has 0 amide bonds. The zero-order valence-corrected chi connectivity index (χ0v) is 12.1. The largest absolute Gasteiger partial charge is 0.492 e. The number of para-hydroxylation sites is 1. The Labute approximate surface area is 123 Å². The molecule has 0 saturated carbocycles. The molecule has 6 nitrogen and oxygen atoms in total. The average molecular weight is 290 g/mol. The molecular formula is C15H18N2O4. The lowest BCUT2D eigenvalue weighted by molar-refractivity contribution is -0.155. The fraction of sp³-hybridized carbons (Fsp3) is 0.467. The number of hydrogen-bond donors (Lipinski definition) is 0. The van der Waals surface area contributed by atoms with Crippen molar-refractivity contribution in [1.82, 2.24) is 10.1 Å². The Morgan fingerprint density at radius 2 is 2.00 bits per heavy atom. The summed E-state index contributed by atoms with van der Waals surface area (Å²) in [6.07, 6.45) is -0.612. The molecule has 6 heteroatoms. The SMILES string of the molecule is CCOC(OCC)c1nc(C2COc3ccccc32)no1. The summed E-state index contributed by atoms with van der Waals surface area (Å²) in [6.45, 7) is 5.33. The van der Waals surface area contributed by atoms with Crippen molar-refractivity contribution >= 4 is 0 Å². The highest BCUT2D eigenvalue weighted by Gasteiger charge is 2.31. The third kappa shape index (κ3) is 2.77. The standard InChI is InChI=1S/C15H18N2O4/c1-3-18-15(19-4-2)14-16-13(17-21-14)11-9-20-12-8-6-5-7-10(11)12/h5-8,11,15H,3-4,9H2,1-2H3. The molecular weight excluding hydrogens is 272 g/mol. The van der Waals surface area contributed by atoms with Gasteiger partial charge in [0, 0.05) is 18.8 Å². The van der Waals surface area contributed by atoms with Gasteiger partial charge in [-0.05, 0) is 19.9 Å². The number of hydrogen-bond acceptors (Lipinski definition) is 6. The first kappa shape index (κ1) is 14.0. The van der Waals surface area contributed by atoms with E-state index in [0.29, 0.717) is 31.5 Å². The van der Waals surface area contributed by atoms with Gasteiger partial charge in [0.2, 0.25) is 6.29 Å². The number of ether oxygens (including phenoxy) is 3. The molecule has 0 bridgehead atoms. The van der Waals surface area contributed by atoms with E-state index in [0.717, 1.165) is 11.3 Å². The van der Waals surface area contributed by atoms with Crippen molar-refractivity contribution in [2.24, 2.45) is 0 Å². The second-order valence-electron chi connectivity index (χ2n) is 4.63. The first-order valence-corrected chi connectivity index (χ1v) is 7.11. The predicted molar refractivity (Wildman–Crippen MR) is 74.1 cm³/mol. The van der Waals surface area contributed by atoms with Crippen LogP contribution in [0.2, 0.25) is 0 Å². The Balaban J connectivity index is 1.82. The molecule has 0 N–H and O–H groups in total. The lowest BCUT2D eigenvalue weighted by Gasteiger charge is -2.11. The Bertz CT molecular complexity index is 593. The van der Waals surface area contributed by atoms with Gasteiger partial charge >= 0.3 is 0 Å². The van der Waals surface area contributed by atoms with E-state index in [2.05, 4.69) is 10.1 Å². The highest BCUT2D eigenvalue weighted by Crippen LogP contribution is 2.36. The average Bonchev–Trinajstić information content (AvgIpc) is 3.13. The van der Waals surface area contributed by atoms with Gasteiger partial charge in [-0.15, -0.1) is 0 Å². The van der Waals surface area contributed by atoms with Crippen LogP contribution in [0.25, 0.3) is 0 Å². The zero-order chi connectivity index (χ0) is 14.7. The molecule has 1 atom stereocenters. The van der Waals surface area contributed by atoms with Crippen molar-refractivity contribution in [2.75, 3.05) is 19.8 Å². The van der Waals surface area contributed by atoms with Gasteiger partial charge in [-0.25, -0.2) is 0 Å². The fourth-order valence-electron chi connectivity index (χ4n) is 2.35. The summed E-state index contributed by atoms with van der Waals surface area (Å²) in [5.41, 5.74) is 1.08. The van der Waals surface area contributed by atoms with Gasteiger partial charge in [-0.3, -0.25) is 0 Å². The van der Waals surface area contributed by atoms with Crippen molar-refractivity contribution in [3.8, 4) is 5.75 Å². The smallest absolute Gasteiger partial charge is 0.283 e. The molecule has 3 rings (SSSR count). The Hall–Kier alpha value is -1.92. The predicted octanol–water partition coefficient (Wildman–Crippen LogP) is 2.67. The summed E-state index contributed by atoms with van der Waals surface area (Å²) in [5, 5.41) is 4.06. The van der Waals surface area contributed by atoms with Gasteiger partial charge in [-0.2, -0.15) is 4.98 Å². The molecule has 1 aliphatic rings. The summed E-state index contributed by atoms with van der Waals surface area (Å²) >= 11 is 0. The minimum absolute atomic E-state index is 0.0115. The van der Waals surface area contributed by atoms with E-state index in [1.165, 1.54) is 0 Å². The molecule has 0 fully saturated rings. The summed E-state index contributed by atoms with van der Waals surface area (Å²) in [5.74, 6) is 1.81. The number of fused-ring (bicyclic) bond motifs is 1. The van der Waals surface area contributed by atoms with E-state index in [-0.39, 0.29) is 5.92 Å². The number of nitrogens with zero attached hydrogens (tertiary/aromatic N) is 2. The van der Waals surface area contributed by atoms with Crippen LogP contribution in [-0.4, -0.2) is 30.0 Å². The maximum Gasteiger partial charge on any atom is 0.283 e. The van der Waals surface area contributed by atoms with Crippen LogP contribution in [0.3, 0.4) is 0 Å². The monoisotopic (exact) mass is 290 g/mol. The van der Waals surface area contributed by atoms with Crippen LogP contribution >= 0.6 is 0 Å². The number of aromatic nitrogens is 2. The highest BCUT2D eigenvalue weighted by atomic mass is 16.7. The van der Waals surface area contributed by atoms with Crippen LogP contribution in [-0.2, 0) is 9.47 Å². The van der Waals surface area contributed by atoms with Crippen molar-refractivity contribution in [3.63, 3.8) is 0 Å². The summed E-state index contributed by atoms with van der Waals surface area (Å²) in [4.78, 5) is 4.42. The topological polar surface area (TPSA) is 66.6 Å². The third-order valence-electron chi connectivity index (χ3n) is 3.31. The molecule has 0 radical (unpaired) electrons. The third-order valence-corrected chi connectivity index (χ3v) is 3.31. The summed E-state index contributed by atoms with van der Waals surface area (Å²) < 4.78 is 21.9. The van der Waals surface area contributed by atoms with Gasteiger partial charge in [-0.1, -0.05) is 23.4 Å². The van der Waals surface area contributed by atoms with Crippen LogP contribution in [0.1, 0.15) is 43.3 Å². The van der Waals surface area contributed by atoms with E-state index in [9.17, 15) is 0 Å². The molecule has 0 spiro atoms. The zero-order valence-electron chi connectivity index (χ0n) is 12.1. The molecule has 112 valence electrons. The second kappa shape index (κ2) is 6.24. The molecule has 21 heavy (non-hydrogen) atoms. The van der Waals surface area contributed by atoms with Gasteiger partial charge in [0.15, 0.2) is 5.82 Å². The Morgan fingerprint density at radius 1 is 1.24 bits per heavy atom. The number of rotatable bonds is 6. The van der Waals surface area contributed by atoms with E-state index >= 15 is 0 Å². The first-order valence-electron chi connectivity index (χ1n) is 7.11. The van der Waals surface area contributed by atoms with Gasteiger partial charge in [0.25, 0.3) is 5.89 Å². The van der Waals surface area contributed by atoms with Gasteiger partial charge in [0.1, 0.15) is 12.4 Å². The van der Waals surface area contributed by atoms with E-state index in [1.54, 1.807) is 0 Å². The molecule has 2 aromatic rings. The minimum atomic E-state index is -0.612. The summed E-state index contributed by atoms with van der Waals surface area (Å²) in [6, 6.07) is 7.89. The maximum absolute atomic E-state index is 5.65. The normalized spacial score (nSPS) is 17.0. The lowest BCUT2D eigenvalue weighted by atomic mass is 10.0. The quantitative estimate of drug-likeness (QED) is 0.762. The Morgan fingerprint density at radius 3 is 2.76 bits per heavy atom. The van der Waals surface area contributed by atoms with Crippen molar-refractivity contribution in [1.29, 1.82) is 0 Å². The van der Waals surface area contributed by atoms with E-state index in [4.69, 9.17) is 18.7 Å². The molecule has 0 saturated heterocycles. The fourth-order valence-corrected chi connectivity index (χ4v) is 2.35. The van der Waals surface area contributed by atoms with Crippen LogP contribution in [0, 0.1) is 0 Å². The highest BCUT2D eigenvalue weighted by molar-refractivity contribution is 5.42. The van der Waals surface area contributed by atoms with Crippen LogP contribution in [0.15, 0.2) is 28.8 Å². The molecule has 2 heterocycles. The van der Waals surface area contributed by atoms with E-state index < -0.39 is 6.29 Å². The Kier molecular flexibility index (Phi) is 4.17. The molecule has 0 aliphatic carbocycles. The lowest BCUT2D eigenvalue weighted by Crippen LogP contribution is -2.10.